The van der Waals surface area contributed by atoms with Gasteiger partial charge in [0.25, 0.3) is 0 Å². The fraction of sp³-hybridized carbons (Fsp3) is 0.357. The first-order valence-electron chi connectivity index (χ1n) is 12.7. The topological polar surface area (TPSA) is 139 Å². The first kappa shape index (κ1) is 29.5. The molecular formula is C28H32FN5O7. The minimum absolute atomic E-state index is 0.105. The molecule has 0 aliphatic carbocycles. The summed E-state index contributed by atoms with van der Waals surface area (Å²) in [5.74, 6) is 0.996. The quantitative estimate of drug-likeness (QED) is 0.209. The van der Waals surface area contributed by atoms with Gasteiger partial charge in [0.05, 0.1) is 24.1 Å². The number of nitrogens with zero attached hydrogens (tertiary/aromatic N) is 3. The number of rotatable bonds is 12. The van der Waals surface area contributed by atoms with Crippen LogP contribution in [0.15, 0.2) is 47.2 Å². The van der Waals surface area contributed by atoms with Crippen LogP contribution in [0.2, 0.25) is 0 Å². The van der Waals surface area contributed by atoms with Crippen molar-refractivity contribution in [2.75, 3.05) is 51.3 Å². The van der Waals surface area contributed by atoms with Crippen LogP contribution in [0.4, 0.5) is 20.7 Å². The number of aromatic nitrogens is 3. The van der Waals surface area contributed by atoms with Gasteiger partial charge in [-0.3, -0.25) is 5.32 Å². The van der Waals surface area contributed by atoms with E-state index in [-0.39, 0.29) is 35.2 Å². The summed E-state index contributed by atoms with van der Waals surface area (Å²) < 4.78 is 47.8. The number of nitrogens with one attached hydrogen (secondary N) is 2. The van der Waals surface area contributed by atoms with Crippen molar-refractivity contribution in [1.29, 1.82) is 0 Å². The second-order valence-corrected chi connectivity index (χ2v) is 9.83. The Morgan fingerprint density at radius 1 is 0.902 bits per heavy atom. The zero-order chi connectivity index (χ0) is 29.4. The Balaban J connectivity index is 1.50. The van der Waals surface area contributed by atoms with Crippen LogP contribution in [0.25, 0.3) is 10.9 Å². The molecule has 41 heavy (non-hydrogen) atoms. The summed E-state index contributed by atoms with van der Waals surface area (Å²) in [7, 11) is 3.15. The summed E-state index contributed by atoms with van der Waals surface area (Å²) in [6, 6.07) is 8.36. The van der Waals surface area contributed by atoms with Crippen molar-refractivity contribution >= 4 is 28.4 Å². The number of hydrogen-bond donors (Lipinski definition) is 2. The van der Waals surface area contributed by atoms with Crippen LogP contribution in [0.3, 0.4) is 0 Å². The monoisotopic (exact) mass is 569 g/mol. The Morgan fingerprint density at radius 2 is 1.61 bits per heavy atom. The maximum absolute atomic E-state index is 15.0. The summed E-state index contributed by atoms with van der Waals surface area (Å²) in [5.41, 5.74) is 0.432. The third-order valence-electron chi connectivity index (χ3n) is 5.64. The minimum atomic E-state index is -0.720. The molecule has 0 radical (unpaired) electrons. The Kier molecular flexibility index (Phi) is 9.53. The van der Waals surface area contributed by atoms with Crippen LogP contribution in [0.1, 0.15) is 26.5 Å². The molecule has 2 aromatic heterocycles. The maximum atomic E-state index is 15.0. The van der Waals surface area contributed by atoms with Crippen LogP contribution in [-0.2, 0) is 14.9 Å². The van der Waals surface area contributed by atoms with Gasteiger partial charge in [0.2, 0.25) is 5.88 Å². The zero-order valence-electron chi connectivity index (χ0n) is 23.4. The molecule has 2 aromatic carbocycles. The standard InChI is InChI=1S/C28H32FN5O7/c1-28(2,3)24-15-25(34-41-24)33-27(35)32-17-6-7-21(19(29)12-17)40-26-18-13-22(38-10-8-36-4)23(39-11-9-37-5)14-20(18)30-16-31-26/h6-7,12-16H,8-11H2,1-5H3,(H2,32,33,34,35). The van der Waals surface area contributed by atoms with Gasteiger partial charge < -0.3 is 33.5 Å². The maximum Gasteiger partial charge on any atom is 0.324 e. The van der Waals surface area contributed by atoms with E-state index in [2.05, 4.69) is 25.8 Å². The number of urea groups is 1. The molecule has 4 aromatic rings. The highest BCUT2D eigenvalue weighted by Gasteiger charge is 2.21. The van der Waals surface area contributed by atoms with Crippen molar-refractivity contribution in [1.82, 2.24) is 15.1 Å². The van der Waals surface area contributed by atoms with Gasteiger partial charge in [-0.1, -0.05) is 25.9 Å². The number of benzene rings is 2. The number of amides is 2. The first-order valence-corrected chi connectivity index (χ1v) is 12.7. The lowest BCUT2D eigenvalue weighted by Crippen LogP contribution is -2.19. The summed E-state index contributed by atoms with van der Waals surface area (Å²) in [5, 5.41) is 9.43. The number of fused-ring (bicyclic) bond motifs is 1. The normalized spacial score (nSPS) is 11.4. The summed E-state index contributed by atoms with van der Waals surface area (Å²) in [6.07, 6.45) is 1.30. The highest BCUT2D eigenvalue weighted by molar-refractivity contribution is 5.99. The molecule has 2 heterocycles. The summed E-state index contributed by atoms with van der Waals surface area (Å²) in [4.78, 5) is 20.9. The van der Waals surface area contributed by atoms with Crippen molar-refractivity contribution in [3.8, 4) is 23.1 Å². The molecule has 0 aliphatic heterocycles. The van der Waals surface area contributed by atoms with Crippen LogP contribution in [0.5, 0.6) is 23.1 Å². The second kappa shape index (κ2) is 13.2. The Labute approximate surface area is 236 Å². The van der Waals surface area contributed by atoms with Crippen LogP contribution < -0.4 is 24.8 Å². The number of ether oxygens (including phenoxy) is 5. The van der Waals surface area contributed by atoms with Gasteiger partial charge in [-0.05, 0) is 18.2 Å². The SMILES string of the molecule is COCCOc1cc2ncnc(Oc3ccc(NC(=O)Nc4cc(C(C)(C)C)on4)cc3F)c2cc1OCCOC. The lowest BCUT2D eigenvalue weighted by Gasteiger charge is -2.15. The van der Waals surface area contributed by atoms with Crippen molar-refractivity contribution in [2.45, 2.75) is 26.2 Å². The number of hydrogen-bond acceptors (Lipinski definition) is 10. The molecule has 0 saturated carbocycles. The molecule has 0 atom stereocenters. The van der Waals surface area contributed by atoms with Crippen molar-refractivity contribution in [3.63, 3.8) is 0 Å². The molecule has 0 saturated heterocycles. The van der Waals surface area contributed by atoms with Gasteiger partial charge >= 0.3 is 6.03 Å². The van der Waals surface area contributed by atoms with E-state index in [0.29, 0.717) is 48.0 Å². The lowest BCUT2D eigenvalue weighted by molar-refractivity contribution is 0.132. The number of anilines is 2. The second-order valence-electron chi connectivity index (χ2n) is 9.83. The average molecular weight is 570 g/mol. The Morgan fingerprint density at radius 3 is 2.24 bits per heavy atom. The molecule has 0 unspecified atom stereocenters. The third-order valence-corrected chi connectivity index (χ3v) is 5.64. The summed E-state index contributed by atoms with van der Waals surface area (Å²) >= 11 is 0. The molecule has 2 N–H and O–H groups in total. The number of carbonyl (C=O) groups is 1. The van der Waals surface area contributed by atoms with Gasteiger partial charge in [-0.15, -0.1) is 0 Å². The van der Waals surface area contributed by atoms with E-state index in [1.165, 1.54) is 18.5 Å². The number of methoxy groups -OCH3 is 2. The molecule has 0 bridgehead atoms. The largest absolute Gasteiger partial charge is 0.487 e. The minimum Gasteiger partial charge on any atom is -0.487 e. The zero-order valence-corrected chi connectivity index (χ0v) is 23.4. The van der Waals surface area contributed by atoms with Crippen molar-refractivity contribution in [2.24, 2.45) is 0 Å². The molecule has 218 valence electrons. The molecule has 13 heteroatoms. The van der Waals surface area contributed by atoms with Gasteiger partial charge in [0.1, 0.15) is 25.3 Å². The predicted molar refractivity (Wildman–Crippen MR) is 149 cm³/mol. The number of carbonyl (C=O) groups excluding carboxylic acids is 1. The highest BCUT2D eigenvalue weighted by atomic mass is 19.1. The Bertz CT molecular complexity index is 1490. The van der Waals surface area contributed by atoms with E-state index in [4.69, 9.17) is 28.2 Å². The summed E-state index contributed by atoms with van der Waals surface area (Å²) in [6.45, 7) is 7.21. The van der Waals surface area contributed by atoms with Crippen LogP contribution >= 0.6 is 0 Å². The molecule has 2 amide bonds. The molecular weight excluding hydrogens is 537 g/mol. The highest BCUT2D eigenvalue weighted by Crippen LogP contribution is 2.37. The molecule has 4 rings (SSSR count). The van der Waals surface area contributed by atoms with Gasteiger partial charge in [0, 0.05) is 43.5 Å². The van der Waals surface area contributed by atoms with Gasteiger partial charge in [-0.2, -0.15) is 0 Å². The molecule has 0 spiro atoms. The predicted octanol–water partition coefficient (Wildman–Crippen LogP) is 5.54. The molecule has 12 nitrogen and oxygen atoms in total. The smallest absolute Gasteiger partial charge is 0.324 e. The van der Waals surface area contributed by atoms with E-state index in [1.807, 2.05) is 20.8 Å². The molecule has 0 aliphatic rings. The Hall–Kier alpha value is -4.49. The van der Waals surface area contributed by atoms with E-state index in [9.17, 15) is 4.79 Å². The third kappa shape index (κ3) is 7.80. The van der Waals surface area contributed by atoms with Gasteiger partial charge in [0.15, 0.2) is 28.9 Å². The van der Waals surface area contributed by atoms with Crippen molar-refractivity contribution < 1.29 is 37.4 Å². The fourth-order valence-electron chi connectivity index (χ4n) is 3.55. The van der Waals surface area contributed by atoms with Crippen LogP contribution in [-0.4, -0.2) is 61.8 Å². The fourth-order valence-corrected chi connectivity index (χ4v) is 3.55. The van der Waals surface area contributed by atoms with Crippen molar-refractivity contribution in [3.05, 3.63) is 54.3 Å². The number of halogens is 1. The average Bonchev–Trinajstić information content (AvgIpc) is 3.40. The lowest BCUT2D eigenvalue weighted by atomic mass is 9.93. The van der Waals surface area contributed by atoms with Gasteiger partial charge in [-0.25, -0.2) is 19.2 Å². The molecule has 0 fully saturated rings. The van der Waals surface area contributed by atoms with E-state index >= 15 is 4.39 Å². The van der Waals surface area contributed by atoms with E-state index in [1.54, 1.807) is 32.4 Å². The van der Waals surface area contributed by atoms with E-state index < -0.39 is 11.8 Å². The first-order chi connectivity index (χ1) is 19.7. The van der Waals surface area contributed by atoms with Crippen LogP contribution in [0, 0.1) is 5.82 Å². The van der Waals surface area contributed by atoms with E-state index in [0.717, 1.165) is 6.07 Å².